The Labute approximate surface area is 179 Å². The molecule has 0 saturated carbocycles. The average Bonchev–Trinajstić information content (AvgIpc) is 3.21. The summed E-state index contributed by atoms with van der Waals surface area (Å²) in [6, 6.07) is 20.3. The van der Waals surface area contributed by atoms with Crippen molar-refractivity contribution in [1.29, 1.82) is 0 Å². The molecule has 3 aromatic carbocycles. The zero-order valence-corrected chi connectivity index (χ0v) is 17.3. The molecule has 0 aliphatic rings. The molecule has 0 unspecified atom stereocenters. The molecule has 158 valence electrons. The van der Waals surface area contributed by atoms with Crippen LogP contribution in [0.4, 0.5) is 17.1 Å². The lowest BCUT2D eigenvalue weighted by atomic mass is 10.2. The summed E-state index contributed by atoms with van der Waals surface area (Å²) in [6.07, 6.45) is 0. The third-order valence-electron chi connectivity index (χ3n) is 4.80. The van der Waals surface area contributed by atoms with Crippen LogP contribution in [0.3, 0.4) is 0 Å². The van der Waals surface area contributed by atoms with Crippen molar-refractivity contribution in [1.82, 2.24) is 0 Å². The fourth-order valence-corrected chi connectivity index (χ4v) is 3.24. The number of anilines is 3. The Bertz CT molecular complexity index is 1210. The number of nitrogens with one attached hydrogen (secondary N) is 2. The van der Waals surface area contributed by atoms with Gasteiger partial charge in [-0.2, -0.15) is 0 Å². The number of benzene rings is 3. The van der Waals surface area contributed by atoms with Gasteiger partial charge in [0, 0.05) is 47.2 Å². The van der Waals surface area contributed by atoms with E-state index in [0.717, 1.165) is 22.3 Å². The van der Waals surface area contributed by atoms with Crippen LogP contribution in [-0.2, 0) is 6.54 Å². The quantitative estimate of drug-likeness (QED) is 0.370. The summed E-state index contributed by atoms with van der Waals surface area (Å²) in [4.78, 5) is 12.7. The van der Waals surface area contributed by atoms with Crippen molar-refractivity contribution >= 4 is 33.9 Å². The molecule has 0 fully saturated rings. The number of carbonyl (C=O) groups is 1. The first-order valence-electron chi connectivity index (χ1n) is 9.70. The van der Waals surface area contributed by atoms with E-state index in [4.69, 9.17) is 19.6 Å². The number of hydrogen-bond donors (Lipinski definition) is 3. The monoisotopic (exact) mass is 417 g/mol. The van der Waals surface area contributed by atoms with Gasteiger partial charge in [0.05, 0.1) is 14.2 Å². The smallest absolute Gasteiger partial charge is 0.291 e. The summed E-state index contributed by atoms with van der Waals surface area (Å²) in [5, 5.41) is 7.00. The van der Waals surface area contributed by atoms with E-state index in [2.05, 4.69) is 10.6 Å². The van der Waals surface area contributed by atoms with Crippen LogP contribution < -0.4 is 25.8 Å². The van der Waals surface area contributed by atoms with E-state index in [1.807, 2.05) is 42.5 Å². The van der Waals surface area contributed by atoms with Crippen molar-refractivity contribution in [3.63, 3.8) is 0 Å². The van der Waals surface area contributed by atoms with E-state index in [-0.39, 0.29) is 11.7 Å². The summed E-state index contributed by atoms with van der Waals surface area (Å²) in [5.74, 6) is 1.01. The summed E-state index contributed by atoms with van der Waals surface area (Å²) in [6.45, 7) is 0.638. The maximum absolute atomic E-state index is 12.7. The van der Waals surface area contributed by atoms with E-state index in [9.17, 15) is 4.79 Å². The molecule has 31 heavy (non-hydrogen) atoms. The molecule has 7 nitrogen and oxygen atoms in total. The lowest BCUT2D eigenvalue weighted by Gasteiger charge is -2.08. The molecule has 1 heterocycles. The molecule has 0 spiro atoms. The summed E-state index contributed by atoms with van der Waals surface area (Å²) in [7, 11) is 3.11. The van der Waals surface area contributed by atoms with Crippen LogP contribution in [0.25, 0.3) is 11.0 Å². The second-order valence-corrected chi connectivity index (χ2v) is 7.02. The van der Waals surface area contributed by atoms with Crippen molar-refractivity contribution < 1.29 is 18.7 Å². The fraction of sp³-hybridized carbons (Fsp3) is 0.125. The number of hydrogen-bond acceptors (Lipinski definition) is 6. The molecule has 1 aromatic heterocycles. The number of ether oxygens (including phenoxy) is 2. The van der Waals surface area contributed by atoms with E-state index >= 15 is 0 Å². The van der Waals surface area contributed by atoms with Crippen molar-refractivity contribution in [3.05, 3.63) is 78.1 Å². The van der Waals surface area contributed by atoms with E-state index in [0.29, 0.717) is 29.3 Å². The standard InChI is InChI=1S/C24H23N3O4/c1-29-20-11-19(12-21(13-20)30-2)27-24(28)23-10-16-9-18(6-7-22(16)31-23)26-14-15-4-3-5-17(25)8-15/h3-13,26H,14,25H2,1-2H3,(H,27,28). The molecule has 0 aliphatic heterocycles. The molecule has 0 radical (unpaired) electrons. The highest BCUT2D eigenvalue weighted by Crippen LogP contribution is 2.28. The van der Waals surface area contributed by atoms with Crippen LogP contribution in [0.15, 0.2) is 71.1 Å². The van der Waals surface area contributed by atoms with Gasteiger partial charge in [0.25, 0.3) is 5.91 Å². The van der Waals surface area contributed by atoms with E-state index in [1.165, 1.54) is 0 Å². The lowest BCUT2D eigenvalue weighted by Crippen LogP contribution is -2.11. The van der Waals surface area contributed by atoms with Crippen LogP contribution in [0.5, 0.6) is 11.5 Å². The third-order valence-corrected chi connectivity index (χ3v) is 4.80. The minimum Gasteiger partial charge on any atom is -0.497 e. The maximum Gasteiger partial charge on any atom is 0.291 e. The molecule has 0 saturated heterocycles. The van der Waals surface area contributed by atoms with Gasteiger partial charge in [0.15, 0.2) is 5.76 Å². The first-order chi connectivity index (χ1) is 15.0. The van der Waals surface area contributed by atoms with Gasteiger partial charge in [-0.1, -0.05) is 12.1 Å². The molecule has 0 bridgehead atoms. The molecular weight excluding hydrogens is 394 g/mol. The number of furan rings is 1. The molecule has 7 heteroatoms. The predicted molar refractivity (Wildman–Crippen MR) is 122 cm³/mol. The summed E-state index contributed by atoms with van der Waals surface area (Å²) in [5.41, 5.74) is 9.74. The Morgan fingerprint density at radius 1 is 0.935 bits per heavy atom. The summed E-state index contributed by atoms with van der Waals surface area (Å²) >= 11 is 0. The largest absolute Gasteiger partial charge is 0.497 e. The molecule has 4 aromatic rings. The minimum absolute atomic E-state index is 0.213. The van der Waals surface area contributed by atoms with E-state index < -0.39 is 0 Å². The molecule has 4 rings (SSSR count). The Morgan fingerprint density at radius 2 is 1.71 bits per heavy atom. The highest BCUT2D eigenvalue weighted by atomic mass is 16.5. The van der Waals surface area contributed by atoms with Crippen molar-refractivity contribution in [3.8, 4) is 11.5 Å². The topological polar surface area (TPSA) is 98.8 Å². The minimum atomic E-state index is -0.360. The molecule has 4 N–H and O–H groups in total. The lowest BCUT2D eigenvalue weighted by molar-refractivity contribution is 0.0998. The van der Waals surface area contributed by atoms with Gasteiger partial charge >= 0.3 is 0 Å². The maximum atomic E-state index is 12.7. The molecule has 0 aliphatic carbocycles. The predicted octanol–water partition coefficient (Wildman–Crippen LogP) is 4.90. The first kappa shape index (κ1) is 20.2. The number of carbonyl (C=O) groups excluding carboxylic acids is 1. The highest BCUT2D eigenvalue weighted by molar-refractivity contribution is 6.05. The van der Waals surface area contributed by atoms with Crippen molar-refractivity contribution in [2.24, 2.45) is 0 Å². The van der Waals surface area contributed by atoms with Crippen LogP contribution in [0, 0.1) is 0 Å². The van der Waals surface area contributed by atoms with Crippen LogP contribution >= 0.6 is 0 Å². The van der Waals surface area contributed by atoms with Crippen LogP contribution in [0.1, 0.15) is 16.1 Å². The van der Waals surface area contributed by atoms with Gasteiger partial charge in [-0.05, 0) is 42.0 Å². The van der Waals surface area contributed by atoms with Crippen LogP contribution in [0.2, 0.25) is 0 Å². The van der Waals surface area contributed by atoms with Crippen molar-refractivity contribution in [2.75, 3.05) is 30.6 Å². The zero-order chi connectivity index (χ0) is 21.8. The van der Waals surface area contributed by atoms with Gasteiger partial charge in [-0.3, -0.25) is 4.79 Å². The van der Waals surface area contributed by atoms with Crippen LogP contribution in [-0.4, -0.2) is 20.1 Å². The average molecular weight is 417 g/mol. The van der Waals surface area contributed by atoms with E-state index in [1.54, 1.807) is 38.5 Å². The van der Waals surface area contributed by atoms with Gasteiger partial charge in [-0.15, -0.1) is 0 Å². The number of rotatable bonds is 7. The number of methoxy groups -OCH3 is 2. The number of nitrogen functional groups attached to an aromatic ring is 1. The SMILES string of the molecule is COc1cc(NC(=O)c2cc3cc(NCc4cccc(N)c4)ccc3o2)cc(OC)c1. The molecule has 1 amide bonds. The number of nitrogens with two attached hydrogens (primary N) is 1. The highest BCUT2D eigenvalue weighted by Gasteiger charge is 2.14. The van der Waals surface area contributed by atoms with Gasteiger partial charge < -0.3 is 30.3 Å². The van der Waals surface area contributed by atoms with Gasteiger partial charge in [0.2, 0.25) is 0 Å². The van der Waals surface area contributed by atoms with Gasteiger partial charge in [-0.25, -0.2) is 0 Å². The van der Waals surface area contributed by atoms with Gasteiger partial charge in [0.1, 0.15) is 17.1 Å². The molecule has 0 atom stereocenters. The number of amides is 1. The molecular formula is C24H23N3O4. The Balaban J connectivity index is 1.49. The Hall–Kier alpha value is -4.13. The zero-order valence-electron chi connectivity index (χ0n) is 17.3. The third kappa shape index (κ3) is 4.72. The second-order valence-electron chi connectivity index (χ2n) is 7.02. The van der Waals surface area contributed by atoms with Crippen molar-refractivity contribution in [2.45, 2.75) is 6.54 Å². The number of fused-ring (bicyclic) bond motifs is 1. The Morgan fingerprint density at radius 3 is 2.42 bits per heavy atom. The summed E-state index contributed by atoms with van der Waals surface area (Å²) < 4.78 is 16.2. The second kappa shape index (κ2) is 8.71. The Kier molecular flexibility index (Phi) is 5.66. The normalized spacial score (nSPS) is 10.6. The fourth-order valence-electron chi connectivity index (χ4n) is 3.24. The first-order valence-corrected chi connectivity index (χ1v) is 9.70.